The molecule has 2 aliphatic rings. The summed E-state index contributed by atoms with van der Waals surface area (Å²) in [6, 6.07) is 8.44. The number of nitrogens with zero attached hydrogens (tertiary/aromatic N) is 4. The number of piperidine rings is 2. The Kier molecular flexibility index (Phi) is 6.79. The molecule has 2 aromatic heterocycles. The van der Waals surface area contributed by atoms with Gasteiger partial charge in [-0.05, 0) is 55.4 Å². The van der Waals surface area contributed by atoms with Crippen LogP contribution in [0.25, 0.3) is 0 Å². The summed E-state index contributed by atoms with van der Waals surface area (Å²) < 4.78 is 31.7. The molecule has 1 N–H and O–H groups in total. The van der Waals surface area contributed by atoms with Crippen molar-refractivity contribution in [2.45, 2.75) is 31.9 Å². The molecule has 2 fully saturated rings. The minimum absolute atomic E-state index is 0.479. The van der Waals surface area contributed by atoms with Crippen molar-refractivity contribution in [2.75, 3.05) is 36.0 Å². The lowest BCUT2D eigenvalue weighted by molar-refractivity contribution is -0.192. The van der Waals surface area contributed by atoms with Crippen molar-refractivity contribution in [1.29, 1.82) is 0 Å². The molecule has 0 saturated carbocycles. The Balaban J connectivity index is 0.000000318. The van der Waals surface area contributed by atoms with Gasteiger partial charge in [0, 0.05) is 38.6 Å². The number of carboxylic acids is 1. The van der Waals surface area contributed by atoms with E-state index >= 15 is 0 Å². The van der Waals surface area contributed by atoms with E-state index in [0.29, 0.717) is 5.41 Å². The number of hydrogen-bond acceptors (Lipinski definition) is 5. The zero-order valence-corrected chi connectivity index (χ0v) is 16.6. The molecule has 9 heteroatoms. The van der Waals surface area contributed by atoms with E-state index in [2.05, 4.69) is 31.9 Å². The minimum Gasteiger partial charge on any atom is -0.475 e. The summed E-state index contributed by atoms with van der Waals surface area (Å²) in [5, 5.41) is 7.12. The molecule has 4 rings (SSSR count). The number of alkyl halides is 3. The lowest BCUT2D eigenvalue weighted by Crippen LogP contribution is -2.49. The van der Waals surface area contributed by atoms with Crippen molar-refractivity contribution < 1.29 is 23.1 Å². The van der Waals surface area contributed by atoms with Gasteiger partial charge in [-0.1, -0.05) is 0 Å². The van der Waals surface area contributed by atoms with Gasteiger partial charge in [0.15, 0.2) is 0 Å². The zero-order valence-electron chi connectivity index (χ0n) is 16.6. The smallest absolute Gasteiger partial charge is 0.475 e. The molecule has 30 heavy (non-hydrogen) atoms. The fraction of sp³-hybridized carbons (Fsp3) is 0.476. The Bertz CT molecular complexity index is 810. The first-order chi connectivity index (χ1) is 14.3. The maximum atomic E-state index is 10.6. The van der Waals surface area contributed by atoms with Crippen LogP contribution in [0.5, 0.6) is 0 Å². The molecule has 2 saturated heterocycles. The van der Waals surface area contributed by atoms with E-state index in [1.54, 1.807) is 0 Å². The normalized spacial score (nSPS) is 18.5. The largest absolute Gasteiger partial charge is 0.490 e. The number of aliphatic carboxylic acids is 1. The van der Waals surface area contributed by atoms with E-state index in [1.165, 1.54) is 50.1 Å². The van der Waals surface area contributed by atoms with Crippen LogP contribution in [0.15, 0.2) is 49.1 Å². The molecule has 0 bridgehead atoms. The molecule has 2 aromatic rings. The number of hydrogen-bond donors (Lipinski definition) is 1. The highest BCUT2D eigenvalue weighted by atomic mass is 19.4. The van der Waals surface area contributed by atoms with Gasteiger partial charge in [-0.2, -0.15) is 13.2 Å². The van der Waals surface area contributed by atoms with E-state index < -0.39 is 12.1 Å². The topological polar surface area (TPSA) is 69.6 Å². The number of carbonyl (C=O) groups is 1. The fourth-order valence-corrected chi connectivity index (χ4v) is 4.16. The first kappa shape index (κ1) is 21.9. The van der Waals surface area contributed by atoms with Gasteiger partial charge in [-0.15, -0.1) is 0 Å². The van der Waals surface area contributed by atoms with Crippen LogP contribution in [0.3, 0.4) is 0 Å². The van der Waals surface area contributed by atoms with Gasteiger partial charge in [0.05, 0.1) is 23.8 Å². The summed E-state index contributed by atoms with van der Waals surface area (Å²) in [7, 11) is 0. The number of halogens is 3. The average Bonchev–Trinajstić information content (AvgIpc) is 2.75. The molecule has 162 valence electrons. The van der Waals surface area contributed by atoms with Crippen molar-refractivity contribution in [2.24, 2.45) is 5.41 Å². The van der Waals surface area contributed by atoms with Gasteiger partial charge < -0.3 is 14.9 Å². The molecule has 0 amide bonds. The van der Waals surface area contributed by atoms with Crippen LogP contribution < -0.4 is 9.80 Å². The maximum Gasteiger partial charge on any atom is 0.490 e. The average molecular weight is 422 g/mol. The number of carboxylic acid groups (broad SMARTS) is 1. The summed E-state index contributed by atoms with van der Waals surface area (Å²) in [4.78, 5) is 22.5. The summed E-state index contributed by atoms with van der Waals surface area (Å²) in [5.41, 5.74) is 3.02. The number of anilines is 2. The molecule has 2 aliphatic heterocycles. The SMILES string of the molecule is O=C(O)C(F)(F)F.c1cncc(N2CCC3(CCCN(c4cccnc4)C3)CC2)c1. The highest BCUT2D eigenvalue weighted by Gasteiger charge is 2.39. The van der Waals surface area contributed by atoms with Crippen LogP contribution in [0.4, 0.5) is 24.5 Å². The first-order valence-corrected chi connectivity index (χ1v) is 9.89. The van der Waals surface area contributed by atoms with Crippen molar-refractivity contribution in [3.63, 3.8) is 0 Å². The second-order valence-corrected chi connectivity index (χ2v) is 7.74. The third kappa shape index (κ3) is 5.61. The van der Waals surface area contributed by atoms with E-state index in [-0.39, 0.29) is 0 Å². The Morgan fingerprint density at radius 1 is 0.933 bits per heavy atom. The van der Waals surface area contributed by atoms with E-state index in [4.69, 9.17) is 9.90 Å². The summed E-state index contributed by atoms with van der Waals surface area (Å²) in [5.74, 6) is -2.76. The maximum absolute atomic E-state index is 10.6. The predicted molar refractivity (Wildman–Crippen MR) is 107 cm³/mol. The van der Waals surface area contributed by atoms with Crippen LogP contribution in [0.1, 0.15) is 25.7 Å². The van der Waals surface area contributed by atoms with Crippen LogP contribution in [-0.4, -0.2) is 53.4 Å². The first-order valence-electron chi connectivity index (χ1n) is 9.89. The molecule has 0 aromatic carbocycles. The summed E-state index contributed by atoms with van der Waals surface area (Å²) in [6.07, 6.45) is 7.83. The van der Waals surface area contributed by atoms with Crippen LogP contribution in [-0.2, 0) is 4.79 Å². The minimum atomic E-state index is -5.08. The number of pyridine rings is 2. The van der Waals surface area contributed by atoms with E-state index in [1.807, 2.05) is 36.9 Å². The Labute approximate surface area is 173 Å². The van der Waals surface area contributed by atoms with Crippen LogP contribution >= 0.6 is 0 Å². The second-order valence-electron chi connectivity index (χ2n) is 7.74. The summed E-state index contributed by atoms with van der Waals surface area (Å²) >= 11 is 0. The molecule has 0 radical (unpaired) electrons. The quantitative estimate of drug-likeness (QED) is 0.789. The number of aromatic nitrogens is 2. The summed E-state index contributed by atoms with van der Waals surface area (Å²) in [6.45, 7) is 4.64. The van der Waals surface area contributed by atoms with Gasteiger partial charge in [0.25, 0.3) is 0 Å². The highest BCUT2D eigenvalue weighted by Crippen LogP contribution is 2.41. The fourth-order valence-electron chi connectivity index (χ4n) is 4.16. The molecule has 0 unspecified atom stereocenters. The van der Waals surface area contributed by atoms with Crippen molar-refractivity contribution in [1.82, 2.24) is 9.97 Å². The second kappa shape index (κ2) is 9.32. The molecular formula is C21H25F3N4O2. The van der Waals surface area contributed by atoms with Crippen molar-refractivity contribution >= 4 is 17.3 Å². The molecule has 0 atom stereocenters. The van der Waals surface area contributed by atoms with Gasteiger partial charge in [0.1, 0.15) is 0 Å². The van der Waals surface area contributed by atoms with Gasteiger partial charge in [-0.3, -0.25) is 9.97 Å². The van der Waals surface area contributed by atoms with Gasteiger partial charge in [-0.25, -0.2) is 4.79 Å². The molecule has 0 aliphatic carbocycles. The monoisotopic (exact) mass is 422 g/mol. The molecular weight excluding hydrogens is 397 g/mol. The molecule has 4 heterocycles. The van der Waals surface area contributed by atoms with Crippen molar-refractivity contribution in [3.05, 3.63) is 49.1 Å². The lowest BCUT2D eigenvalue weighted by atomic mass is 9.72. The Morgan fingerprint density at radius 3 is 1.93 bits per heavy atom. The van der Waals surface area contributed by atoms with Crippen LogP contribution in [0, 0.1) is 5.41 Å². The number of rotatable bonds is 2. The van der Waals surface area contributed by atoms with Crippen molar-refractivity contribution in [3.8, 4) is 0 Å². The highest BCUT2D eigenvalue weighted by molar-refractivity contribution is 5.73. The Morgan fingerprint density at radius 2 is 1.47 bits per heavy atom. The van der Waals surface area contributed by atoms with Gasteiger partial charge in [0.2, 0.25) is 0 Å². The zero-order chi connectivity index (χ0) is 21.6. The molecule has 1 spiro atoms. The standard InChI is InChI=1S/C19H24N4.C2HF3O2/c1-4-17(14-20-9-1)22-12-7-19(8-13-22)6-3-11-23(16-19)18-5-2-10-21-15-18;3-2(4,5)1(6)7/h1-2,4-5,9-10,14-15H,3,6-8,11-13,16H2;(H,6,7). The lowest BCUT2D eigenvalue weighted by Gasteiger charge is -2.48. The van der Waals surface area contributed by atoms with Crippen LogP contribution in [0.2, 0.25) is 0 Å². The Hall–Kier alpha value is -2.84. The van der Waals surface area contributed by atoms with E-state index in [0.717, 1.165) is 13.1 Å². The predicted octanol–water partition coefficient (Wildman–Crippen LogP) is 4.00. The van der Waals surface area contributed by atoms with Gasteiger partial charge >= 0.3 is 12.1 Å². The third-order valence-electron chi connectivity index (χ3n) is 5.75. The van der Waals surface area contributed by atoms with E-state index in [9.17, 15) is 13.2 Å². The third-order valence-corrected chi connectivity index (χ3v) is 5.75. The molecule has 6 nitrogen and oxygen atoms in total.